The Hall–Kier alpha value is -1.15. The third kappa shape index (κ3) is 3.67. The molecule has 0 bridgehead atoms. The maximum absolute atomic E-state index is 11.9. The van der Waals surface area contributed by atoms with Crippen LogP contribution in [0.25, 0.3) is 0 Å². The molecule has 18 heavy (non-hydrogen) atoms. The minimum Gasteiger partial charge on any atom is -0.273 e. The van der Waals surface area contributed by atoms with E-state index in [0.29, 0.717) is 5.75 Å². The van der Waals surface area contributed by atoms with Crippen molar-refractivity contribution in [1.29, 1.82) is 0 Å². The Morgan fingerprint density at radius 2 is 2.11 bits per heavy atom. The first-order chi connectivity index (χ1) is 8.29. The van der Waals surface area contributed by atoms with Crippen molar-refractivity contribution in [1.82, 2.24) is 14.7 Å². The lowest BCUT2D eigenvalue weighted by atomic mass is 9.96. The standard InChI is InChI=1S/C10H15N3O3S2/c1-10(2,7-17-3)9(14)13-18(15,16)8-6-11-4-5-12-8/h4-6H,7H2,1-3H3,(H,13,14). The molecule has 1 aromatic heterocycles. The maximum Gasteiger partial charge on any atom is 0.283 e. The summed E-state index contributed by atoms with van der Waals surface area (Å²) in [5.74, 6) is -0.0306. The van der Waals surface area contributed by atoms with Crippen LogP contribution in [0.4, 0.5) is 0 Å². The Kier molecular flexibility index (Phi) is 4.69. The number of rotatable bonds is 5. The van der Waals surface area contributed by atoms with Gasteiger partial charge in [0.2, 0.25) is 5.91 Å². The number of nitrogens with one attached hydrogen (secondary N) is 1. The molecule has 1 rings (SSSR count). The Labute approximate surface area is 111 Å². The largest absolute Gasteiger partial charge is 0.283 e. The molecule has 0 unspecified atom stereocenters. The third-order valence-corrected chi connectivity index (χ3v) is 4.39. The van der Waals surface area contributed by atoms with Gasteiger partial charge in [0.1, 0.15) is 0 Å². The van der Waals surface area contributed by atoms with Crippen LogP contribution in [0.3, 0.4) is 0 Å². The molecule has 1 heterocycles. The van der Waals surface area contributed by atoms with E-state index in [-0.39, 0.29) is 5.03 Å². The molecule has 0 aliphatic heterocycles. The molecule has 0 saturated heterocycles. The zero-order valence-corrected chi connectivity index (χ0v) is 12.0. The summed E-state index contributed by atoms with van der Waals surface area (Å²) in [6, 6.07) is 0. The van der Waals surface area contributed by atoms with E-state index >= 15 is 0 Å². The molecule has 0 aromatic carbocycles. The predicted molar refractivity (Wildman–Crippen MR) is 69.5 cm³/mol. The van der Waals surface area contributed by atoms with Gasteiger partial charge in [0.25, 0.3) is 10.0 Å². The van der Waals surface area contributed by atoms with Crippen molar-refractivity contribution < 1.29 is 13.2 Å². The summed E-state index contributed by atoms with van der Waals surface area (Å²) in [4.78, 5) is 19.2. The number of nitrogens with zero attached hydrogens (tertiary/aromatic N) is 2. The van der Waals surface area contributed by atoms with Crippen LogP contribution in [0.15, 0.2) is 23.6 Å². The Morgan fingerprint density at radius 1 is 1.44 bits per heavy atom. The highest BCUT2D eigenvalue weighted by atomic mass is 32.2. The van der Waals surface area contributed by atoms with Crippen LogP contribution in [-0.4, -0.2) is 36.3 Å². The lowest BCUT2D eigenvalue weighted by Gasteiger charge is -2.21. The molecule has 0 atom stereocenters. The summed E-state index contributed by atoms with van der Waals surface area (Å²) in [5.41, 5.74) is -0.769. The quantitative estimate of drug-likeness (QED) is 0.857. The molecular weight excluding hydrogens is 274 g/mol. The van der Waals surface area contributed by atoms with Crippen LogP contribution in [0.2, 0.25) is 0 Å². The minimum atomic E-state index is -3.94. The first-order valence-corrected chi connectivity index (χ1v) is 7.99. The Balaban J connectivity index is 2.88. The molecule has 8 heteroatoms. The first kappa shape index (κ1) is 14.9. The van der Waals surface area contributed by atoms with E-state index in [1.165, 1.54) is 24.2 Å². The number of carbonyl (C=O) groups excluding carboxylic acids is 1. The second-order valence-corrected chi connectivity index (χ2v) is 6.79. The van der Waals surface area contributed by atoms with Gasteiger partial charge in [0, 0.05) is 18.1 Å². The summed E-state index contributed by atoms with van der Waals surface area (Å²) in [6.45, 7) is 3.37. The molecule has 0 spiro atoms. The SMILES string of the molecule is CSCC(C)(C)C(=O)NS(=O)(=O)c1cnccn1. The van der Waals surface area contributed by atoms with E-state index in [9.17, 15) is 13.2 Å². The van der Waals surface area contributed by atoms with Gasteiger partial charge in [-0.1, -0.05) is 13.8 Å². The van der Waals surface area contributed by atoms with E-state index in [2.05, 4.69) is 9.97 Å². The van der Waals surface area contributed by atoms with Gasteiger partial charge in [-0.2, -0.15) is 20.2 Å². The third-order valence-electron chi connectivity index (χ3n) is 2.16. The van der Waals surface area contributed by atoms with Gasteiger partial charge in [-0.05, 0) is 6.26 Å². The zero-order valence-electron chi connectivity index (χ0n) is 10.4. The van der Waals surface area contributed by atoms with Gasteiger partial charge >= 0.3 is 0 Å². The highest BCUT2D eigenvalue weighted by Gasteiger charge is 2.31. The summed E-state index contributed by atoms with van der Waals surface area (Å²) in [5, 5.41) is -0.265. The van der Waals surface area contributed by atoms with Gasteiger partial charge in [-0.25, -0.2) is 9.71 Å². The van der Waals surface area contributed by atoms with Crippen LogP contribution < -0.4 is 4.72 Å². The number of hydrogen-bond acceptors (Lipinski definition) is 6. The predicted octanol–water partition coefficient (Wildman–Crippen LogP) is 0.671. The fraction of sp³-hybridized carbons (Fsp3) is 0.500. The monoisotopic (exact) mass is 289 g/mol. The molecule has 0 aliphatic carbocycles. The van der Waals surface area contributed by atoms with Crippen molar-refractivity contribution in [2.45, 2.75) is 18.9 Å². The van der Waals surface area contributed by atoms with Crippen molar-refractivity contribution in [2.24, 2.45) is 5.41 Å². The van der Waals surface area contributed by atoms with Crippen molar-refractivity contribution in [3.63, 3.8) is 0 Å². The first-order valence-electron chi connectivity index (χ1n) is 5.12. The Bertz CT molecular complexity index is 514. The van der Waals surface area contributed by atoms with E-state index in [1.54, 1.807) is 13.8 Å². The van der Waals surface area contributed by atoms with Gasteiger partial charge in [0.05, 0.1) is 11.6 Å². The molecule has 1 amide bonds. The molecule has 1 N–H and O–H groups in total. The molecule has 0 saturated carbocycles. The van der Waals surface area contributed by atoms with E-state index in [1.807, 2.05) is 11.0 Å². The average Bonchev–Trinajstić information content (AvgIpc) is 2.29. The average molecular weight is 289 g/mol. The highest BCUT2D eigenvalue weighted by molar-refractivity contribution is 7.98. The summed E-state index contributed by atoms with van der Waals surface area (Å²) in [6.07, 6.45) is 5.56. The minimum absolute atomic E-state index is 0.265. The van der Waals surface area contributed by atoms with Gasteiger partial charge in [0.15, 0.2) is 5.03 Å². The number of thioether (sulfide) groups is 1. The number of aromatic nitrogens is 2. The number of hydrogen-bond donors (Lipinski definition) is 1. The van der Waals surface area contributed by atoms with Gasteiger partial charge < -0.3 is 0 Å². The summed E-state index contributed by atoms with van der Waals surface area (Å²) >= 11 is 1.48. The highest BCUT2D eigenvalue weighted by Crippen LogP contribution is 2.21. The Morgan fingerprint density at radius 3 is 2.61 bits per heavy atom. The van der Waals surface area contributed by atoms with Gasteiger partial charge in [-0.15, -0.1) is 0 Å². The van der Waals surface area contributed by atoms with Crippen molar-refractivity contribution in [3.8, 4) is 0 Å². The van der Waals surface area contributed by atoms with Crippen LogP contribution in [0, 0.1) is 5.41 Å². The molecule has 100 valence electrons. The molecule has 0 aliphatic rings. The van der Waals surface area contributed by atoms with Crippen molar-refractivity contribution in [2.75, 3.05) is 12.0 Å². The van der Waals surface area contributed by atoms with Crippen LogP contribution in [-0.2, 0) is 14.8 Å². The van der Waals surface area contributed by atoms with E-state index in [0.717, 1.165) is 6.20 Å². The smallest absolute Gasteiger partial charge is 0.273 e. The maximum atomic E-state index is 11.9. The van der Waals surface area contributed by atoms with Crippen molar-refractivity contribution in [3.05, 3.63) is 18.6 Å². The number of carbonyl (C=O) groups is 1. The lowest BCUT2D eigenvalue weighted by Crippen LogP contribution is -2.42. The van der Waals surface area contributed by atoms with E-state index < -0.39 is 21.3 Å². The second-order valence-electron chi connectivity index (χ2n) is 4.30. The number of amides is 1. The van der Waals surface area contributed by atoms with Gasteiger partial charge in [-0.3, -0.25) is 9.78 Å². The van der Waals surface area contributed by atoms with Crippen LogP contribution in [0.5, 0.6) is 0 Å². The van der Waals surface area contributed by atoms with Crippen LogP contribution in [0.1, 0.15) is 13.8 Å². The summed E-state index contributed by atoms with van der Waals surface area (Å²) < 4.78 is 25.7. The number of sulfonamides is 1. The fourth-order valence-corrected chi connectivity index (χ4v) is 3.04. The summed E-state index contributed by atoms with van der Waals surface area (Å²) in [7, 11) is -3.94. The topological polar surface area (TPSA) is 89.0 Å². The molecule has 0 fully saturated rings. The normalized spacial score (nSPS) is 12.2. The molecular formula is C10H15N3O3S2. The molecule has 6 nitrogen and oxygen atoms in total. The van der Waals surface area contributed by atoms with Crippen molar-refractivity contribution >= 4 is 27.7 Å². The lowest BCUT2D eigenvalue weighted by molar-refractivity contribution is -0.126. The molecule has 0 radical (unpaired) electrons. The zero-order chi connectivity index (χ0) is 13.8. The fourth-order valence-electron chi connectivity index (χ4n) is 1.16. The van der Waals surface area contributed by atoms with E-state index in [4.69, 9.17) is 0 Å². The van der Waals surface area contributed by atoms with Crippen LogP contribution >= 0.6 is 11.8 Å². The second kappa shape index (κ2) is 5.66. The molecule has 1 aromatic rings.